The molecule has 3 aromatic rings. The lowest BCUT2D eigenvalue weighted by Crippen LogP contribution is -2.38. The predicted molar refractivity (Wildman–Crippen MR) is 97.3 cm³/mol. The van der Waals surface area contributed by atoms with Gasteiger partial charge in [0.05, 0.1) is 17.3 Å². The number of rotatable bonds is 5. The van der Waals surface area contributed by atoms with Crippen LogP contribution in [0.5, 0.6) is 0 Å². The number of nitrogens with one attached hydrogen (secondary N) is 2. The van der Waals surface area contributed by atoms with Gasteiger partial charge >= 0.3 is 0 Å². The van der Waals surface area contributed by atoms with Gasteiger partial charge in [0.2, 0.25) is 10.0 Å². The van der Waals surface area contributed by atoms with E-state index in [1.807, 2.05) is 25.1 Å². The molecule has 26 heavy (non-hydrogen) atoms. The Labute approximate surface area is 151 Å². The molecule has 1 unspecified atom stereocenters. The van der Waals surface area contributed by atoms with E-state index in [1.165, 1.54) is 11.8 Å². The highest BCUT2D eigenvalue weighted by Crippen LogP contribution is 2.23. The van der Waals surface area contributed by atoms with E-state index in [0.717, 1.165) is 18.5 Å². The maximum Gasteiger partial charge on any atom is 0.258 e. The summed E-state index contributed by atoms with van der Waals surface area (Å²) in [5.41, 5.74) is 3.45. The number of sulfonamides is 1. The van der Waals surface area contributed by atoms with Gasteiger partial charge in [-0.3, -0.25) is 0 Å². The van der Waals surface area contributed by atoms with Crippen molar-refractivity contribution in [2.75, 3.05) is 13.1 Å². The predicted octanol–water partition coefficient (Wildman–Crippen LogP) is 1.95. The van der Waals surface area contributed by atoms with Crippen LogP contribution in [0.25, 0.3) is 11.1 Å². The zero-order valence-corrected chi connectivity index (χ0v) is 15.2. The fraction of sp³-hybridized carbons (Fsp3) is 0.333. The minimum Gasteiger partial charge on any atom is -0.336 e. The second-order valence-corrected chi connectivity index (χ2v) is 8.08. The van der Waals surface area contributed by atoms with Crippen LogP contribution in [0.3, 0.4) is 0 Å². The van der Waals surface area contributed by atoms with Gasteiger partial charge in [-0.2, -0.15) is 0 Å². The number of fused-ring (bicyclic) bond motifs is 2. The number of pyridine rings is 1. The molecule has 7 nitrogen and oxygen atoms in total. The molecule has 4 rings (SSSR count). The molecule has 0 spiro atoms. The third-order valence-corrected chi connectivity index (χ3v) is 6.11. The Morgan fingerprint density at radius 1 is 1.35 bits per heavy atom. The standard InChI is InChI=1S/C18H20N4O3S/c1-2-16-15-9-13(10-20-18(15)25-22-16)26(23,24)21-11-17-14-6-4-3-5-12(14)7-8-19-17/h3-6,9-10,17,19,21H,2,7-8,11H2,1H3. The quantitative estimate of drug-likeness (QED) is 0.710. The van der Waals surface area contributed by atoms with E-state index in [4.69, 9.17) is 4.52 Å². The van der Waals surface area contributed by atoms with Crippen LogP contribution < -0.4 is 10.0 Å². The summed E-state index contributed by atoms with van der Waals surface area (Å²) in [6, 6.07) is 9.64. The first-order valence-corrected chi connectivity index (χ1v) is 10.1. The van der Waals surface area contributed by atoms with Crippen LogP contribution in [0.15, 0.2) is 45.9 Å². The molecule has 1 aliphatic rings. The van der Waals surface area contributed by atoms with Gasteiger partial charge in [0.15, 0.2) is 0 Å². The Bertz CT molecular complexity index is 1050. The van der Waals surface area contributed by atoms with Gasteiger partial charge in [-0.15, -0.1) is 0 Å². The highest BCUT2D eigenvalue weighted by molar-refractivity contribution is 7.89. The Hall–Kier alpha value is -2.29. The monoisotopic (exact) mass is 372 g/mol. The number of hydrogen-bond donors (Lipinski definition) is 2. The lowest BCUT2D eigenvalue weighted by Gasteiger charge is -2.27. The zero-order chi connectivity index (χ0) is 18.1. The molecule has 0 saturated heterocycles. The van der Waals surface area contributed by atoms with Crippen molar-refractivity contribution in [3.8, 4) is 0 Å². The SMILES string of the molecule is CCc1noc2ncc(S(=O)(=O)NCC3NCCc4ccccc43)cc12. The molecule has 3 heterocycles. The second kappa shape index (κ2) is 6.79. The van der Waals surface area contributed by atoms with Gasteiger partial charge < -0.3 is 9.84 Å². The summed E-state index contributed by atoms with van der Waals surface area (Å²) in [5, 5.41) is 7.93. The Balaban J connectivity index is 1.57. The van der Waals surface area contributed by atoms with Crippen LogP contribution in [0.2, 0.25) is 0 Å². The molecule has 0 fully saturated rings. The van der Waals surface area contributed by atoms with Crippen molar-refractivity contribution >= 4 is 21.1 Å². The summed E-state index contributed by atoms with van der Waals surface area (Å²) in [5.74, 6) is 0. The van der Waals surface area contributed by atoms with Crippen LogP contribution in [-0.2, 0) is 22.9 Å². The van der Waals surface area contributed by atoms with Crippen molar-refractivity contribution in [1.82, 2.24) is 20.2 Å². The Morgan fingerprint density at radius 3 is 3.04 bits per heavy atom. The van der Waals surface area contributed by atoms with Crippen LogP contribution in [0.1, 0.15) is 29.8 Å². The summed E-state index contributed by atoms with van der Waals surface area (Å²) in [6.45, 7) is 3.04. The van der Waals surface area contributed by atoms with Gasteiger partial charge in [-0.1, -0.05) is 36.3 Å². The van der Waals surface area contributed by atoms with Crippen molar-refractivity contribution < 1.29 is 12.9 Å². The molecule has 0 bridgehead atoms. The molecule has 2 N–H and O–H groups in total. The average Bonchev–Trinajstić information content (AvgIpc) is 3.08. The summed E-state index contributed by atoms with van der Waals surface area (Å²) in [4.78, 5) is 4.20. The molecule has 8 heteroatoms. The van der Waals surface area contributed by atoms with Crippen molar-refractivity contribution in [3.63, 3.8) is 0 Å². The minimum atomic E-state index is -3.68. The fourth-order valence-corrected chi connectivity index (χ4v) is 4.33. The smallest absolute Gasteiger partial charge is 0.258 e. The molecule has 1 atom stereocenters. The van der Waals surface area contributed by atoms with E-state index < -0.39 is 10.0 Å². The maximum absolute atomic E-state index is 12.7. The van der Waals surface area contributed by atoms with E-state index in [-0.39, 0.29) is 17.5 Å². The van der Waals surface area contributed by atoms with E-state index in [0.29, 0.717) is 23.2 Å². The van der Waals surface area contributed by atoms with Crippen LogP contribution in [0, 0.1) is 0 Å². The van der Waals surface area contributed by atoms with Crippen molar-refractivity contribution in [2.45, 2.75) is 30.7 Å². The summed E-state index contributed by atoms with van der Waals surface area (Å²) in [7, 11) is -3.68. The Kier molecular flexibility index (Phi) is 4.47. The van der Waals surface area contributed by atoms with E-state index >= 15 is 0 Å². The van der Waals surface area contributed by atoms with E-state index in [1.54, 1.807) is 6.07 Å². The Morgan fingerprint density at radius 2 is 2.19 bits per heavy atom. The average molecular weight is 372 g/mol. The van der Waals surface area contributed by atoms with E-state index in [9.17, 15) is 8.42 Å². The highest BCUT2D eigenvalue weighted by atomic mass is 32.2. The largest absolute Gasteiger partial charge is 0.336 e. The summed E-state index contributed by atoms with van der Waals surface area (Å²) in [6.07, 6.45) is 2.90. The van der Waals surface area contributed by atoms with Gasteiger partial charge in [-0.25, -0.2) is 18.1 Å². The number of hydrogen-bond acceptors (Lipinski definition) is 6. The lowest BCUT2D eigenvalue weighted by atomic mass is 9.95. The molecule has 136 valence electrons. The van der Waals surface area contributed by atoms with Crippen LogP contribution in [-0.4, -0.2) is 31.6 Å². The molecule has 0 aliphatic carbocycles. The first-order chi connectivity index (χ1) is 12.6. The molecule has 1 aliphatic heterocycles. The van der Waals surface area contributed by atoms with E-state index in [2.05, 4.69) is 26.2 Å². The molecule has 0 saturated carbocycles. The first kappa shape index (κ1) is 17.1. The molecule has 0 amide bonds. The molecule has 2 aromatic heterocycles. The number of benzene rings is 1. The minimum absolute atomic E-state index is 0.0480. The normalized spacial score (nSPS) is 17.3. The highest BCUT2D eigenvalue weighted by Gasteiger charge is 2.23. The summed E-state index contributed by atoms with van der Waals surface area (Å²) >= 11 is 0. The molecular formula is C18H20N4O3S. The fourth-order valence-electron chi connectivity index (χ4n) is 3.31. The number of nitrogens with zero attached hydrogens (tertiary/aromatic N) is 2. The number of aryl methyl sites for hydroxylation is 1. The zero-order valence-electron chi connectivity index (χ0n) is 14.4. The summed E-state index contributed by atoms with van der Waals surface area (Å²) < 4.78 is 33.3. The number of aromatic nitrogens is 2. The van der Waals surface area contributed by atoms with Gasteiger partial charge in [-0.05, 0) is 36.6 Å². The topological polar surface area (TPSA) is 97.1 Å². The van der Waals surface area contributed by atoms with Crippen LogP contribution >= 0.6 is 0 Å². The maximum atomic E-state index is 12.7. The lowest BCUT2D eigenvalue weighted by molar-refractivity contribution is 0.439. The van der Waals surface area contributed by atoms with Gasteiger partial charge in [0.25, 0.3) is 5.71 Å². The second-order valence-electron chi connectivity index (χ2n) is 6.31. The molecular weight excluding hydrogens is 352 g/mol. The van der Waals surface area contributed by atoms with Crippen molar-refractivity contribution in [3.05, 3.63) is 53.3 Å². The van der Waals surface area contributed by atoms with Crippen LogP contribution in [0.4, 0.5) is 0 Å². The third-order valence-electron chi connectivity index (χ3n) is 4.72. The van der Waals surface area contributed by atoms with Crippen molar-refractivity contribution in [1.29, 1.82) is 0 Å². The first-order valence-electron chi connectivity index (χ1n) is 8.63. The molecule has 0 radical (unpaired) electrons. The van der Waals surface area contributed by atoms with Crippen molar-refractivity contribution in [2.24, 2.45) is 0 Å². The molecule has 1 aromatic carbocycles. The van der Waals surface area contributed by atoms with Gasteiger partial charge in [0, 0.05) is 12.6 Å². The third kappa shape index (κ3) is 3.11. The van der Waals surface area contributed by atoms with Gasteiger partial charge in [0.1, 0.15) is 4.90 Å².